The van der Waals surface area contributed by atoms with Gasteiger partial charge in [0.25, 0.3) is 11.6 Å². The lowest BCUT2D eigenvalue weighted by Gasteiger charge is -2.14. The van der Waals surface area contributed by atoms with Crippen LogP contribution in [0.5, 0.6) is 17.2 Å². The van der Waals surface area contributed by atoms with Gasteiger partial charge in [-0.15, -0.1) is 0 Å². The number of carbonyl (C=O) groups excluding carboxylic acids is 2. The fourth-order valence-electron chi connectivity index (χ4n) is 2.88. The summed E-state index contributed by atoms with van der Waals surface area (Å²) in [7, 11) is 2.65. The van der Waals surface area contributed by atoms with Crippen molar-refractivity contribution in [3.63, 3.8) is 0 Å². The summed E-state index contributed by atoms with van der Waals surface area (Å²) < 4.78 is 21.7. The number of non-ortho nitro benzene ring substituents is 1. The lowest BCUT2D eigenvalue weighted by Crippen LogP contribution is -2.19. The molecule has 2 aromatic carbocycles. The number of esters is 1. The Morgan fingerprint density at radius 1 is 1.23 bits per heavy atom. The van der Waals surface area contributed by atoms with Crippen LogP contribution in [0, 0.1) is 13.7 Å². The van der Waals surface area contributed by atoms with Crippen LogP contribution in [0.3, 0.4) is 0 Å². The Bertz CT molecular complexity index is 1230. The van der Waals surface area contributed by atoms with Gasteiger partial charge in [0.1, 0.15) is 5.69 Å². The molecule has 1 aliphatic heterocycles. The molecule has 1 fully saturated rings. The molecule has 1 N–H and O–H groups in total. The second-order valence-electron chi connectivity index (χ2n) is 6.72. The molecule has 11 nitrogen and oxygen atoms in total. The summed E-state index contributed by atoms with van der Waals surface area (Å²) in [4.78, 5) is 39.2. The van der Waals surface area contributed by atoms with Gasteiger partial charge in [0, 0.05) is 6.07 Å². The third-order valence-corrected chi connectivity index (χ3v) is 6.15. The predicted molar refractivity (Wildman–Crippen MR) is 138 cm³/mol. The number of halogens is 1. The van der Waals surface area contributed by atoms with Crippen LogP contribution < -0.4 is 19.5 Å². The van der Waals surface area contributed by atoms with Crippen LogP contribution in [0.15, 0.2) is 40.2 Å². The first kappa shape index (κ1) is 26.3. The molecule has 0 saturated carbocycles. The van der Waals surface area contributed by atoms with Crippen LogP contribution in [0.4, 0.5) is 11.4 Å². The molecule has 0 radical (unpaired) electrons. The van der Waals surface area contributed by atoms with E-state index >= 15 is 0 Å². The minimum atomic E-state index is -0.532. The van der Waals surface area contributed by atoms with E-state index < -0.39 is 10.9 Å². The molecular formula is C22H20IN3O8S. The Morgan fingerprint density at radius 3 is 2.66 bits per heavy atom. The molecule has 0 aliphatic carbocycles. The largest absolute Gasteiger partial charge is 0.494 e. The number of benzene rings is 2. The summed E-state index contributed by atoms with van der Waals surface area (Å²) in [6, 6.07) is 7.50. The smallest absolute Gasteiger partial charge is 0.343 e. The lowest BCUT2D eigenvalue weighted by atomic mass is 10.2. The van der Waals surface area contributed by atoms with E-state index in [1.165, 1.54) is 32.4 Å². The van der Waals surface area contributed by atoms with Crippen LogP contribution in [-0.2, 0) is 14.3 Å². The predicted octanol–water partition coefficient (Wildman–Crippen LogP) is 4.05. The van der Waals surface area contributed by atoms with Gasteiger partial charge in [-0.2, -0.15) is 0 Å². The molecule has 0 unspecified atom stereocenters. The number of amidine groups is 1. The highest BCUT2D eigenvalue weighted by Gasteiger charge is 2.25. The van der Waals surface area contributed by atoms with Crippen LogP contribution in [0.25, 0.3) is 6.08 Å². The van der Waals surface area contributed by atoms with E-state index in [0.717, 1.165) is 11.8 Å². The van der Waals surface area contributed by atoms with Gasteiger partial charge in [-0.1, -0.05) is 0 Å². The summed E-state index contributed by atoms with van der Waals surface area (Å²) in [5, 5.41) is 14.0. The Kier molecular flexibility index (Phi) is 8.92. The second kappa shape index (κ2) is 11.9. The highest BCUT2D eigenvalue weighted by molar-refractivity contribution is 14.1. The van der Waals surface area contributed by atoms with Gasteiger partial charge in [-0.3, -0.25) is 14.9 Å². The topological polar surface area (TPSA) is 139 Å². The number of methoxy groups -OCH3 is 2. The molecule has 1 heterocycles. The molecule has 35 heavy (non-hydrogen) atoms. The third kappa shape index (κ3) is 6.63. The zero-order valence-corrected chi connectivity index (χ0v) is 21.8. The van der Waals surface area contributed by atoms with E-state index in [0.29, 0.717) is 43.0 Å². The number of thioether (sulfide) groups is 1. The standard InChI is InChI=1S/C22H20IN3O8S/c1-4-33-17-8-12(7-14(23)20(17)34-11-19(27)32-3)9-18-21(28)25-22(35-18)24-15-6-5-13(26(29)30)10-16(15)31-2/h5-10H,4,11H2,1-3H3,(H,24,25,28)/b18-9+. The molecule has 0 aromatic heterocycles. The molecule has 0 spiro atoms. The first-order valence-electron chi connectivity index (χ1n) is 10.0. The normalized spacial score (nSPS) is 15.1. The number of nitro groups is 1. The maximum atomic E-state index is 12.5. The summed E-state index contributed by atoms with van der Waals surface area (Å²) in [6.45, 7) is 1.92. The average molecular weight is 613 g/mol. The van der Waals surface area contributed by atoms with Gasteiger partial charge in [0.05, 0.1) is 40.3 Å². The Hall–Kier alpha value is -3.33. The molecular weight excluding hydrogens is 593 g/mol. The minimum absolute atomic E-state index is 0.131. The summed E-state index contributed by atoms with van der Waals surface area (Å²) in [5.74, 6) is 0.148. The molecule has 0 atom stereocenters. The van der Waals surface area contributed by atoms with Crippen molar-refractivity contribution in [2.45, 2.75) is 6.92 Å². The number of nitro benzene ring substituents is 1. The van der Waals surface area contributed by atoms with Gasteiger partial charge >= 0.3 is 5.97 Å². The molecule has 1 saturated heterocycles. The number of aliphatic imine (C=N–C) groups is 1. The van der Waals surface area contributed by atoms with E-state index in [1.54, 1.807) is 18.2 Å². The zero-order chi connectivity index (χ0) is 25.5. The van der Waals surface area contributed by atoms with E-state index in [1.807, 2.05) is 6.92 Å². The van der Waals surface area contributed by atoms with Crippen molar-refractivity contribution in [1.29, 1.82) is 0 Å². The van der Waals surface area contributed by atoms with Crippen molar-refractivity contribution >= 4 is 68.8 Å². The Morgan fingerprint density at radius 2 is 2.00 bits per heavy atom. The highest BCUT2D eigenvalue weighted by atomic mass is 127. The van der Waals surface area contributed by atoms with Crippen LogP contribution in [-0.4, -0.2) is 49.4 Å². The first-order chi connectivity index (χ1) is 16.7. The minimum Gasteiger partial charge on any atom is -0.494 e. The fraction of sp³-hybridized carbons (Fsp3) is 0.227. The molecule has 13 heteroatoms. The molecule has 0 bridgehead atoms. The highest BCUT2D eigenvalue weighted by Crippen LogP contribution is 2.37. The van der Waals surface area contributed by atoms with E-state index in [4.69, 9.17) is 14.2 Å². The fourth-order valence-corrected chi connectivity index (χ4v) is 4.49. The molecule has 3 rings (SSSR count). The van der Waals surface area contributed by atoms with Crippen molar-refractivity contribution < 1.29 is 33.5 Å². The number of hydrogen-bond donors (Lipinski definition) is 1. The van der Waals surface area contributed by atoms with Crippen molar-refractivity contribution in [2.24, 2.45) is 4.99 Å². The SMILES string of the molecule is CCOc1cc(/C=C2/SC(=Nc3ccc([N+](=O)[O-])cc3OC)NC2=O)cc(I)c1OCC(=O)OC. The van der Waals surface area contributed by atoms with Crippen molar-refractivity contribution in [1.82, 2.24) is 5.32 Å². The van der Waals surface area contributed by atoms with Gasteiger partial charge in [-0.25, -0.2) is 9.79 Å². The number of amides is 1. The number of nitrogens with one attached hydrogen (secondary N) is 1. The summed E-state index contributed by atoms with van der Waals surface area (Å²) in [6.07, 6.45) is 1.67. The summed E-state index contributed by atoms with van der Waals surface area (Å²) in [5.41, 5.74) is 0.880. The third-order valence-electron chi connectivity index (χ3n) is 4.44. The molecule has 1 amide bonds. The maximum absolute atomic E-state index is 12.5. The van der Waals surface area contributed by atoms with Gasteiger partial charge in [0.15, 0.2) is 29.0 Å². The zero-order valence-electron chi connectivity index (χ0n) is 18.8. The lowest BCUT2D eigenvalue weighted by molar-refractivity contribution is -0.384. The van der Waals surface area contributed by atoms with E-state index in [2.05, 4.69) is 37.6 Å². The Labute approximate surface area is 218 Å². The maximum Gasteiger partial charge on any atom is 0.343 e. The Balaban J connectivity index is 1.87. The van der Waals surface area contributed by atoms with E-state index in [-0.39, 0.29) is 24.0 Å². The number of hydrogen-bond acceptors (Lipinski definition) is 10. The monoisotopic (exact) mass is 613 g/mol. The molecule has 2 aromatic rings. The van der Waals surface area contributed by atoms with Crippen LogP contribution in [0.2, 0.25) is 0 Å². The van der Waals surface area contributed by atoms with Crippen molar-refractivity contribution in [3.05, 3.63) is 54.5 Å². The van der Waals surface area contributed by atoms with Gasteiger partial charge in [0.2, 0.25) is 0 Å². The van der Waals surface area contributed by atoms with Crippen LogP contribution >= 0.6 is 34.4 Å². The molecule has 1 aliphatic rings. The second-order valence-corrected chi connectivity index (χ2v) is 8.92. The summed E-state index contributed by atoms with van der Waals surface area (Å²) >= 11 is 3.17. The molecule has 184 valence electrons. The van der Waals surface area contributed by atoms with Crippen molar-refractivity contribution in [2.75, 3.05) is 27.4 Å². The number of ether oxygens (including phenoxy) is 4. The van der Waals surface area contributed by atoms with Gasteiger partial charge < -0.3 is 24.3 Å². The van der Waals surface area contributed by atoms with Gasteiger partial charge in [-0.05, 0) is 71.1 Å². The first-order valence-corrected chi connectivity index (χ1v) is 11.9. The van der Waals surface area contributed by atoms with Crippen molar-refractivity contribution in [3.8, 4) is 17.2 Å². The quantitative estimate of drug-likeness (QED) is 0.146. The van der Waals surface area contributed by atoms with Crippen LogP contribution in [0.1, 0.15) is 12.5 Å². The number of rotatable bonds is 9. The van der Waals surface area contributed by atoms with E-state index in [9.17, 15) is 19.7 Å². The number of carbonyl (C=O) groups is 2. The number of nitrogens with zero attached hydrogens (tertiary/aromatic N) is 2. The average Bonchev–Trinajstić information content (AvgIpc) is 3.16.